The zero-order chi connectivity index (χ0) is 13.3. The van der Waals surface area contributed by atoms with Gasteiger partial charge in [0.1, 0.15) is 6.04 Å². The minimum Gasteiger partial charge on any atom is -0.328 e. The number of rotatable bonds is 3. The summed E-state index contributed by atoms with van der Waals surface area (Å²) in [5.74, 6) is -0.234. The Bertz CT molecular complexity index is 470. The number of imide groups is 1. The molecule has 1 aliphatic heterocycles. The smallest absolute Gasteiger partial charge is 0.325 e. The number of hydrogen-bond donors (Lipinski definition) is 2. The van der Waals surface area contributed by atoms with Crippen molar-refractivity contribution in [2.24, 2.45) is 5.73 Å². The number of aryl methyl sites for hydroxylation is 1. The lowest BCUT2D eigenvalue weighted by molar-refractivity contribution is -0.128. The molecule has 1 aromatic carbocycles. The van der Waals surface area contributed by atoms with Crippen LogP contribution in [0.5, 0.6) is 0 Å². The molecule has 1 aromatic rings. The number of urea groups is 1. The van der Waals surface area contributed by atoms with Gasteiger partial charge in [-0.15, -0.1) is 0 Å². The van der Waals surface area contributed by atoms with Crippen LogP contribution in [-0.4, -0.2) is 29.4 Å². The Balaban J connectivity index is 2.25. The SMILES string of the molecule is Cc1ccc(C2NC(=O)N(C(C)CN)C2=O)cc1. The number of benzene rings is 1. The maximum absolute atomic E-state index is 12.2. The van der Waals surface area contributed by atoms with Crippen LogP contribution in [0.25, 0.3) is 0 Å². The van der Waals surface area contributed by atoms with E-state index in [4.69, 9.17) is 5.73 Å². The summed E-state index contributed by atoms with van der Waals surface area (Å²) in [5, 5.41) is 2.69. The van der Waals surface area contributed by atoms with E-state index in [1.807, 2.05) is 31.2 Å². The van der Waals surface area contributed by atoms with Gasteiger partial charge in [-0.3, -0.25) is 9.69 Å². The monoisotopic (exact) mass is 247 g/mol. The third-order valence-corrected chi connectivity index (χ3v) is 3.16. The van der Waals surface area contributed by atoms with E-state index < -0.39 is 6.04 Å². The Morgan fingerprint density at radius 1 is 1.33 bits per heavy atom. The lowest BCUT2D eigenvalue weighted by atomic mass is 10.1. The number of nitrogens with zero attached hydrogens (tertiary/aromatic N) is 1. The van der Waals surface area contributed by atoms with Crippen LogP contribution in [0, 0.1) is 6.92 Å². The van der Waals surface area contributed by atoms with Crippen molar-refractivity contribution in [3.8, 4) is 0 Å². The summed E-state index contributed by atoms with van der Waals surface area (Å²) < 4.78 is 0. The molecule has 0 bridgehead atoms. The number of carbonyl (C=O) groups is 2. The average molecular weight is 247 g/mol. The number of hydrogen-bond acceptors (Lipinski definition) is 3. The molecule has 1 heterocycles. The molecule has 18 heavy (non-hydrogen) atoms. The first-order valence-corrected chi connectivity index (χ1v) is 5.94. The Kier molecular flexibility index (Phi) is 3.34. The fraction of sp³-hybridized carbons (Fsp3) is 0.385. The number of nitrogens with two attached hydrogens (primary N) is 1. The van der Waals surface area contributed by atoms with Gasteiger partial charge in [0.2, 0.25) is 0 Å². The molecule has 3 amide bonds. The predicted molar refractivity (Wildman–Crippen MR) is 67.8 cm³/mol. The topological polar surface area (TPSA) is 75.4 Å². The number of amides is 3. The van der Waals surface area contributed by atoms with Gasteiger partial charge >= 0.3 is 6.03 Å². The maximum Gasteiger partial charge on any atom is 0.325 e. The third kappa shape index (κ3) is 2.09. The highest BCUT2D eigenvalue weighted by Gasteiger charge is 2.40. The molecule has 0 aliphatic carbocycles. The van der Waals surface area contributed by atoms with Gasteiger partial charge in [-0.1, -0.05) is 29.8 Å². The van der Waals surface area contributed by atoms with Crippen LogP contribution in [0.3, 0.4) is 0 Å². The summed E-state index contributed by atoms with van der Waals surface area (Å²) in [6.45, 7) is 4.00. The van der Waals surface area contributed by atoms with E-state index in [1.165, 1.54) is 4.90 Å². The zero-order valence-electron chi connectivity index (χ0n) is 10.5. The minimum atomic E-state index is -0.591. The van der Waals surface area contributed by atoms with Gasteiger partial charge in [0, 0.05) is 6.54 Å². The van der Waals surface area contributed by atoms with E-state index in [1.54, 1.807) is 6.92 Å². The maximum atomic E-state index is 12.2. The Morgan fingerprint density at radius 3 is 2.50 bits per heavy atom. The summed E-state index contributed by atoms with van der Waals surface area (Å²) >= 11 is 0. The average Bonchev–Trinajstić information content (AvgIpc) is 2.65. The van der Waals surface area contributed by atoms with E-state index in [0.29, 0.717) is 0 Å². The van der Waals surface area contributed by atoms with Gasteiger partial charge in [-0.05, 0) is 19.4 Å². The van der Waals surface area contributed by atoms with Crippen LogP contribution < -0.4 is 11.1 Å². The minimum absolute atomic E-state index is 0.234. The van der Waals surface area contributed by atoms with Gasteiger partial charge in [0.15, 0.2) is 0 Å². The quantitative estimate of drug-likeness (QED) is 0.780. The van der Waals surface area contributed by atoms with Gasteiger partial charge in [0.05, 0.1) is 6.04 Å². The lowest BCUT2D eigenvalue weighted by Crippen LogP contribution is -2.42. The Morgan fingerprint density at radius 2 is 1.94 bits per heavy atom. The van der Waals surface area contributed by atoms with E-state index in [-0.39, 0.29) is 24.5 Å². The van der Waals surface area contributed by atoms with E-state index in [0.717, 1.165) is 11.1 Å². The number of carbonyl (C=O) groups excluding carboxylic acids is 2. The molecule has 96 valence electrons. The van der Waals surface area contributed by atoms with Crippen LogP contribution >= 0.6 is 0 Å². The van der Waals surface area contributed by atoms with Crippen molar-refractivity contribution in [2.45, 2.75) is 25.9 Å². The second kappa shape index (κ2) is 4.78. The van der Waals surface area contributed by atoms with Crippen molar-refractivity contribution in [2.75, 3.05) is 6.54 Å². The Hall–Kier alpha value is -1.88. The fourth-order valence-electron chi connectivity index (χ4n) is 2.00. The molecular weight excluding hydrogens is 230 g/mol. The van der Waals surface area contributed by atoms with Gasteiger partial charge in [-0.2, -0.15) is 0 Å². The first-order chi connectivity index (χ1) is 8.54. The molecule has 3 N–H and O–H groups in total. The summed E-state index contributed by atoms with van der Waals surface area (Å²) in [6.07, 6.45) is 0. The largest absolute Gasteiger partial charge is 0.328 e. The van der Waals surface area contributed by atoms with Gasteiger partial charge in [-0.25, -0.2) is 4.79 Å². The molecule has 0 saturated carbocycles. The highest BCUT2D eigenvalue weighted by atomic mass is 16.2. The van der Waals surface area contributed by atoms with Crippen LogP contribution in [0.15, 0.2) is 24.3 Å². The first kappa shape index (κ1) is 12.6. The van der Waals surface area contributed by atoms with Gasteiger partial charge in [0.25, 0.3) is 5.91 Å². The van der Waals surface area contributed by atoms with Crippen LogP contribution in [-0.2, 0) is 4.79 Å². The number of nitrogens with one attached hydrogen (secondary N) is 1. The molecule has 2 rings (SSSR count). The fourth-order valence-corrected chi connectivity index (χ4v) is 2.00. The third-order valence-electron chi connectivity index (χ3n) is 3.16. The molecule has 2 atom stereocenters. The second-order valence-corrected chi connectivity index (χ2v) is 4.59. The molecule has 1 fully saturated rings. The van der Waals surface area contributed by atoms with Crippen molar-refractivity contribution < 1.29 is 9.59 Å². The summed E-state index contributed by atoms with van der Waals surface area (Å²) in [4.78, 5) is 25.2. The summed E-state index contributed by atoms with van der Waals surface area (Å²) in [7, 11) is 0. The lowest BCUT2D eigenvalue weighted by Gasteiger charge is -2.19. The van der Waals surface area contributed by atoms with Gasteiger partial charge < -0.3 is 11.1 Å². The van der Waals surface area contributed by atoms with Crippen molar-refractivity contribution in [3.63, 3.8) is 0 Å². The van der Waals surface area contributed by atoms with Crippen LogP contribution in [0.4, 0.5) is 4.79 Å². The van der Waals surface area contributed by atoms with E-state index in [2.05, 4.69) is 5.32 Å². The Labute approximate surface area is 106 Å². The molecule has 5 heteroatoms. The van der Waals surface area contributed by atoms with E-state index in [9.17, 15) is 9.59 Å². The second-order valence-electron chi connectivity index (χ2n) is 4.59. The molecule has 1 aliphatic rings. The summed E-state index contributed by atoms with van der Waals surface area (Å²) in [5.41, 5.74) is 7.42. The normalized spacial score (nSPS) is 21.1. The molecule has 2 unspecified atom stereocenters. The highest BCUT2D eigenvalue weighted by Crippen LogP contribution is 2.23. The molecule has 0 radical (unpaired) electrons. The molecule has 0 spiro atoms. The van der Waals surface area contributed by atoms with Crippen molar-refractivity contribution in [1.82, 2.24) is 10.2 Å². The van der Waals surface area contributed by atoms with Crippen molar-refractivity contribution in [3.05, 3.63) is 35.4 Å². The molecule has 1 saturated heterocycles. The first-order valence-electron chi connectivity index (χ1n) is 5.94. The van der Waals surface area contributed by atoms with Crippen LogP contribution in [0.1, 0.15) is 24.1 Å². The standard InChI is InChI=1S/C13H17N3O2/c1-8-3-5-10(6-4-8)11-12(17)16(9(2)7-14)13(18)15-11/h3-6,9,11H,7,14H2,1-2H3,(H,15,18). The highest BCUT2D eigenvalue weighted by molar-refractivity contribution is 6.04. The van der Waals surface area contributed by atoms with Crippen LogP contribution in [0.2, 0.25) is 0 Å². The van der Waals surface area contributed by atoms with E-state index >= 15 is 0 Å². The molecular formula is C13H17N3O2. The zero-order valence-corrected chi connectivity index (χ0v) is 10.5. The van der Waals surface area contributed by atoms with Crippen molar-refractivity contribution in [1.29, 1.82) is 0 Å². The molecule has 5 nitrogen and oxygen atoms in total. The predicted octanol–water partition coefficient (Wildman–Crippen LogP) is 0.935. The van der Waals surface area contributed by atoms with Crippen molar-refractivity contribution >= 4 is 11.9 Å². The molecule has 0 aromatic heterocycles. The summed E-state index contributed by atoms with van der Waals surface area (Å²) in [6, 6.07) is 6.31.